The van der Waals surface area contributed by atoms with Crippen LogP contribution in [0.1, 0.15) is 0 Å². The zero-order chi connectivity index (χ0) is 28.1. The molecular weight excluding hydrogens is 510 g/mol. The van der Waals surface area contributed by atoms with E-state index in [0.717, 1.165) is 61.7 Å². The molecule has 7 rings (SSSR count). The van der Waals surface area contributed by atoms with E-state index >= 15 is 0 Å². The van der Waals surface area contributed by atoms with Gasteiger partial charge in [-0.3, -0.25) is 4.98 Å². The molecule has 0 atom stereocenters. The summed E-state index contributed by atoms with van der Waals surface area (Å²) in [6, 6.07) is 52.3. The zero-order valence-electron chi connectivity index (χ0n) is 22.9. The predicted molar refractivity (Wildman–Crippen MR) is 172 cm³/mol. The summed E-state index contributed by atoms with van der Waals surface area (Å²) in [5.74, 6) is 0. The van der Waals surface area contributed by atoms with Crippen LogP contribution in [-0.2, 0) is 0 Å². The van der Waals surface area contributed by atoms with Gasteiger partial charge in [0.25, 0.3) is 0 Å². The van der Waals surface area contributed by atoms with Crippen molar-refractivity contribution in [1.29, 1.82) is 0 Å². The second kappa shape index (κ2) is 11.4. The molecule has 0 N–H and O–H groups in total. The van der Waals surface area contributed by atoms with Crippen LogP contribution in [0, 0.1) is 0 Å². The number of nitrogens with zero attached hydrogens (tertiary/aromatic N) is 3. The van der Waals surface area contributed by atoms with Crippen molar-refractivity contribution in [1.82, 2.24) is 15.0 Å². The third-order valence-electron chi connectivity index (χ3n) is 7.43. The van der Waals surface area contributed by atoms with Gasteiger partial charge in [0.05, 0.1) is 22.8 Å². The van der Waals surface area contributed by atoms with E-state index in [1.165, 1.54) is 5.56 Å². The van der Waals surface area contributed by atoms with Crippen molar-refractivity contribution in [2.24, 2.45) is 0 Å². The fraction of sp³-hybridized carbons (Fsp3) is 0. The Bertz CT molecular complexity index is 1920. The van der Waals surface area contributed by atoms with Crippen LogP contribution in [0.4, 0.5) is 0 Å². The van der Waals surface area contributed by atoms with E-state index in [0.29, 0.717) is 0 Å². The molecule has 0 saturated carbocycles. The first-order chi connectivity index (χ1) is 20.8. The lowest BCUT2D eigenvalue weighted by Crippen LogP contribution is -2.00. The lowest BCUT2D eigenvalue weighted by molar-refractivity contribution is 1.21. The molecule has 3 heteroatoms. The summed E-state index contributed by atoms with van der Waals surface area (Å²) in [5, 5.41) is 0. The van der Waals surface area contributed by atoms with E-state index in [4.69, 9.17) is 9.97 Å². The fourth-order valence-electron chi connectivity index (χ4n) is 5.25. The maximum absolute atomic E-state index is 5.35. The highest BCUT2D eigenvalue weighted by molar-refractivity contribution is 5.87. The Morgan fingerprint density at radius 2 is 0.500 bits per heavy atom. The summed E-state index contributed by atoms with van der Waals surface area (Å²) >= 11 is 0. The van der Waals surface area contributed by atoms with Gasteiger partial charge in [-0.25, -0.2) is 9.97 Å². The van der Waals surface area contributed by atoms with Gasteiger partial charge in [0.15, 0.2) is 0 Å². The Morgan fingerprint density at radius 3 is 0.833 bits per heavy atom. The molecule has 2 heterocycles. The summed E-state index contributed by atoms with van der Waals surface area (Å²) < 4.78 is 0. The number of hydrogen-bond donors (Lipinski definition) is 0. The molecule has 0 unspecified atom stereocenters. The van der Waals surface area contributed by atoms with Crippen LogP contribution < -0.4 is 0 Å². The standard InChI is InChI=1S/C39H27N3/c1-4-10-32(11-5-1)36-37(33-12-6-2-7-13-33)42-39(38(41-36)34-14-8-3-9-15-34)35-22-20-29(21-23-35)28-16-18-30(19-17-28)31-24-26-40-27-25-31/h1-27H. The number of pyridine rings is 1. The van der Waals surface area contributed by atoms with E-state index in [-0.39, 0.29) is 0 Å². The SMILES string of the molecule is c1ccc(-c2nc(-c3ccccc3)c(-c3ccc(-c4ccc(-c5ccncc5)cc4)cc3)nc2-c2ccccc2)cc1. The topological polar surface area (TPSA) is 38.7 Å². The van der Waals surface area contributed by atoms with Gasteiger partial charge in [-0.2, -0.15) is 0 Å². The molecule has 0 aliphatic rings. The predicted octanol–water partition coefficient (Wildman–Crippen LogP) is 9.87. The third-order valence-corrected chi connectivity index (χ3v) is 7.43. The molecule has 0 spiro atoms. The quantitative estimate of drug-likeness (QED) is 0.212. The Labute approximate surface area is 245 Å². The molecule has 198 valence electrons. The van der Waals surface area contributed by atoms with Crippen molar-refractivity contribution in [3.05, 3.63) is 164 Å². The van der Waals surface area contributed by atoms with Crippen molar-refractivity contribution < 1.29 is 0 Å². The normalized spacial score (nSPS) is 10.9. The highest BCUT2D eigenvalue weighted by Gasteiger charge is 2.19. The Morgan fingerprint density at radius 1 is 0.238 bits per heavy atom. The second-order valence-corrected chi connectivity index (χ2v) is 10.1. The molecule has 0 amide bonds. The summed E-state index contributed by atoms with van der Waals surface area (Å²) in [6.45, 7) is 0. The van der Waals surface area contributed by atoms with E-state index in [2.05, 4.69) is 89.9 Å². The molecule has 0 radical (unpaired) electrons. The van der Waals surface area contributed by atoms with E-state index < -0.39 is 0 Å². The average molecular weight is 538 g/mol. The highest BCUT2D eigenvalue weighted by atomic mass is 14.9. The number of benzene rings is 5. The van der Waals surface area contributed by atoms with Gasteiger partial charge in [-0.15, -0.1) is 0 Å². The molecule has 0 bridgehead atoms. The van der Waals surface area contributed by atoms with Gasteiger partial charge >= 0.3 is 0 Å². The fourth-order valence-corrected chi connectivity index (χ4v) is 5.25. The molecule has 42 heavy (non-hydrogen) atoms. The molecule has 3 nitrogen and oxygen atoms in total. The van der Waals surface area contributed by atoms with Crippen LogP contribution in [-0.4, -0.2) is 15.0 Å². The maximum Gasteiger partial charge on any atom is 0.0973 e. The first kappa shape index (κ1) is 25.3. The minimum atomic E-state index is 0.860. The van der Waals surface area contributed by atoms with Gasteiger partial charge < -0.3 is 0 Å². The lowest BCUT2D eigenvalue weighted by Gasteiger charge is -2.16. The van der Waals surface area contributed by atoms with Crippen molar-refractivity contribution in [3.63, 3.8) is 0 Å². The highest BCUT2D eigenvalue weighted by Crippen LogP contribution is 2.37. The van der Waals surface area contributed by atoms with E-state index in [1.54, 1.807) is 0 Å². The van der Waals surface area contributed by atoms with Crippen molar-refractivity contribution in [3.8, 4) is 67.3 Å². The molecule has 5 aromatic carbocycles. The van der Waals surface area contributed by atoms with Crippen LogP contribution in [0.15, 0.2) is 164 Å². The van der Waals surface area contributed by atoms with Crippen LogP contribution in [0.2, 0.25) is 0 Å². The van der Waals surface area contributed by atoms with E-state index in [9.17, 15) is 0 Å². The van der Waals surface area contributed by atoms with Crippen LogP contribution in [0.3, 0.4) is 0 Å². The van der Waals surface area contributed by atoms with E-state index in [1.807, 2.05) is 79.1 Å². The average Bonchev–Trinajstić information content (AvgIpc) is 3.09. The molecule has 0 saturated heterocycles. The molecule has 0 aliphatic heterocycles. The Kier molecular flexibility index (Phi) is 6.89. The number of rotatable bonds is 6. The summed E-state index contributed by atoms with van der Waals surface area (Å²) in [6.07, 6.45) is 3.65. The maximum atomic E-state index is 5.35. The van der Waals surface area contributed by atoms with Gasteiger partial charge in [-0.05, 0) is 34.4 Å². The molecule has 2 aromatic heterocycles. The van der Waals surface area contributed by atoms with Crippen molar-refractivity contribution >= 4 is 0 Å². The zero-order valence-corrected chi connectivity index (χ0v) is 22.9. The first-order valence-corrected chi connectivity index (χ1v) is 14.0. The largest absolute Gasteiger partial charge is 0.265 e. The Hall–Kier alpha value is -5.67. The smallest absolute Gasteiger partial charge is 0.0973 e. The van der Waals surface area contributed by atoms with Crippen LogP contribution in [0.5, 0.6) is 0 Å². The van der Waals surface area contributed by atoms with Gasteiger partial charge in [-0.1, -0.05) is 140 Å². The van der Waals surface area contributed by atoms with Crippen LogP contribution >= 0.6 is 0 Å². The molecule has 0 aliphatic carbocycles. The summed E-state index contributed by atoms with van der Waals surface area (Å²) in [7, 11) is 0. The monoisotopic (exact) mass is 537 g/mol. The molecule has 0 fully saturated rings. The summed E-state index contributed by atoms with van der Waals surface area (Å²) in [4.78, 5) is 14.8. The van der Waals surface area contributed by atoms with Crippen molar-refractivity contribution in [2.75, 3.05) is 0 Å². The van der Waals surface area contributed by atoms with Crippen LogP contribution in [0.25, 0.3) is 67.3 Å². The van der Waals surface area contributed by atoms with Gasteiger partial charge in [0.1, 0.15) is 0 Å². The lowest BCUT2D eigenvalue weighted by atomic mass is 9.97. The minimum absolute atomic E-state index is 0.860. The first-order valence-electron chi connectivity index (χ1n) is 14.0. The summed E-state index contributed by atoms with van der Waals surface area (Å²) in [5.41, 5.74) is 12.2. The van der Waals surface area contributed by atoms with Gasteiger partial charge in [0, 0.05) is 34.6 Å². The Balaban J connectivity index is 1.34. The second-order valence-electron chi connectivity index (χ2n) is 10.1. The minimum Gasteiger partial charge on any atom is -0.265 e. The number of aromatic nitrogens is 3. The van der Waals surface area contributed by atoms with Gasteiger partial charge in [0.2, 0.25) is 0 Å². The number of hydrogen-bond acceptors (Lipinski definition) is 3. The molecular formula is C39H27N3. The van der Waals surface area contributed by atoms with Crippen molar-refractivity contribution in [2.45, 2.75) is 0 Å². The molecule has 7 aromatic rings. The third kappa shape index (κ3) is 5.12.